The smallest absolute Gasteiger partial charge is 0.414 e. The Labute approximate surface area is 183 Å². The fourth-order valence-electron chi connectivity index (χ4n) is 4.00. The predicted molar refractivity (Wildman–Crippen MR) is 121 cm³/mol. The van der Waals surface area contributed by atoms with Gasteiger partial charge in [0.2, 0.25) is 5.91 Å². The van der Waals surface area contributed by atoms with Crippen LogP contribution in [0.3, 0.4) is 0 Å². The van der Waals surface area contributed by atoms with Crippen molar-refractivity contribution in [2.45, 2.75) is 19.6 Å². The molecule has 0 saturated carbocycles. The molecule has 0 aromatic heterocycles. The van der Waals surface area contributed by atoms with Crippen LogP contribution in [-0.4, -0.2) is 74.2 Å². The number of amides is 2. The van der Waals surface area contributed by atoms with E-state index in [1.165, 1.54) is 12.5 Å². The molecule has 0 bridgehead atoms. The van der Waals surface area contributed by atoms with Crippen molar-refractivity contribution in [3.63, 3.8) is 0 Å². The lowest BCUT2D eigenvalue weighted by molar-refractivity contribution is -0.119. The van der Waals surface area contributed by atoms with Gasteiger partial charge in [0.15, 0.2) is 0 Å². The fourth-order valence-corrected chi connectivity index (χ4v) is 4.00. The zero-order valence-corrected chi connectivity index (χ0v) is 18.2. The molecular weight excluding hydrogens is 392 g/mol. The molecule has 2 heterocycles. The molecule has 1 N–H and O–H groups in total. The third-order valence-corrected chi connectivity index (χ3v) is 5.92. The Morgan fingerprint density at radius 1 is 1.00 bits per heavy atom. The molecular formula is C24H30N4O3. The van der Waals surface area contributed by atoms with E-state index < -0.39 is 0 Å². The van der Waals surface area contributed by atoms with Crippen LogP contribution in [0.2, 0.25) is 0 Å². The minimum Gasteiger partial charge on any atom is -0.442 e. The number of piperazine rings is 1. The maximum atomic E-state index is 12.2. The van der Waals surface area contributed by atoms with Gasteiger partial charge in [0, 0.05) is 45.3 Å². The molecule has 2 fully saturated rings. The molecule has 0 radical (unpaired) electrons. The van der Waals surface area contributed by atoms with Gasteiger partial charge >= 0.3 is 6.09 Å². The van der Waals surface area contributed by atoms with Crippen molar-refractivity contribution in [1.82, 2.24) is 15.1 Å². The van der Waals surface area contributed by atoms with Crippen molar-refractivity contribution in [3.8, 4) is 11.1 Å². The average molecular weight is 423 g/mol. The number of ether oxygens (including phenoxy) is 1. The van der Waals surface area contributed by atoms with Crippen LogP contribution in [0.5, 0.6) is 0 Å². The van der Waals surface area contributed by atoms with Crippen LogP contribution in [0.15, 0.2) is 48.5 Å². The number of rotatable bonds is 6. The summed E-state index contributed by atoms with van der Waals surface area (Å²) in [5.74, 6) is -0.131. The molecule has 7 heteroatoms. The molecule has 2 amide bonds. The van der Waals surface area contributed by atoms with Gasteiger partial charge in [0.1, 0.15) is 6.10 Å². The van der Waals surface area contributed by atoms with Crippen molar-refractivity contribution >= 4 is 17.7 Å². The largest absolute Gasteiger partial charge is 0.442 e. The topological polar surface area (TPSA) is 65.1 Å². The number of anilines is 1. The molecule has 2 aromatic rings. The van der Waals surface area contributed by atoms with Gasteiger partial charge in [0.25, 0.3) is 0 Å². The predicted octanol–water partition coefficient (Wildman–Crippen LogP) is 2.56. The Kier molecular flexibility index (Phi) is 6.53. The Morgan fingerprint density at radius 2 is 1.61 bits per heavy atom. The van der Waals surface area contributed by atoms with E-state index in [2.05, 4.69) is 46.4 Å². The SMILES string of the molecule is CC(=O)NC[C@H]1CN(c2ccc(-c3ccc(CN4CCN(C)CC4)cc3)cc2)C(=O)O1. The lowest BCUT2D eigenvalue weighted by Gasteiger charge is -2.32. The maximum Gasteiger partial charge on any atom is 0.414 e. The first-order valence-corrected chi connectivity index (χ1v) is 10.8. The van der Waals surface area contributed by atoms with Crippen LogP contribution in [0.4, 0.5) is 10.5 Å². The van der Waals surface area contributed by atoms with E-state index in [1.54, 1.807) is 4.90 Å². The monoisotopic (exact) mass is 422 g/mol. The summed E-state index contributed by atoms with van der Waals surface area (Å²) >= 11 is 0. The van der Waals surface area contributed by atoms with Crippen LogP contribution in [-0.2, 0) is 16.1 Å². The number of nitrogens with one attached hydrogen (secondary N) is 1. The van der Waals surface area contributed by atoms with Crippen molar-refractivity contribution in [2.75, 3.05) is 51.2 Å². The molecule has 4 rings (SSSR count). The highest BCUT2D eigenvalue weighted by Crippen LogP contribution is 2.26. The molecule has 0 spiro atoms. The normalized spacial score (nSPS) is 20.0. The molecule has 1 atom stereocenters. The minimum atomic E-state index is -0.378. The van der Waals surface area contributed by atoms with E-state index in [4.69, 9.17) is 4.74 Å². The molecule has 7 nitrogen and oxygen atoms in total. The number of hydrogen-bond acceptors (Lipinski definition) is 5. The lowest BCUT2D eigenvalue weighted by atomic mass is 10.0. The summed E-state index contributed by atoms with van der Waals surface area (Å²) in [6.07, 6.45) is -0.708. The number of benzene rings is 2. The first-order valence-electron chi connectivity index (χ1n) is 10.8. The van der Waals surface area contributed by atoms with Crippen molar-refractivity contribution in [1.29, 1.82) is 0 Å². The number of carbonyl (C=O) groups is 2. The number of nitrogens with zero attached hydrogens (tertiary/aromatic N) is 3. The maximum absolute atomic E-state index is 12.2. The van der Waals surface area contributed by atoms with E-state index in [-0.39, 0.29) is 18.1 Å². The highest BCUT2D eigenvalue weighted by Gasteiger charge is 2.32. The molecule has 2 aliphatic rings. The second kappa shape index (κ2) is 9.49. The number of hydrogen-bond donors (Lipinski definition) is 1. The summed E-state index contributed by atoms with van der Waals surface area (Å²) < 4.78 is 5.34. The van der Waals surface area contributed by atoms with Crippen LogP contribution < -0.4 is 10.2 Å². The fraction of sp³-hybridized carbons (Fsp3) is 0.417. The number of likely N-dealkylation sites (N-methyl/N-ethyl adjacent to an activating group) is 1. The van der Waals surface area contributed by atoms with Gasteiger partial charge in [-0.25, -0.2) is 4.79 Å². The molecule has 0 aliphatic carbocycles. The van der Waals surface area contributed by atoms with Gasteiger partial charge < -0.3 is 15.0 Å². The third-order valence-electron chi connectivity index (χ3n) is 5.92. The van der Waals surface area contributed by atoms with E-state index in [1.807, 2.05) is 24.3 Å². The Balaban J connectivity index is 1.36. The van der Waals surface area contributed by atoms with Gasteiger partial charge in [0.05, 0.1) is 13.1 Å². The lowest BCUT2D eigenvalue weighted by Crippen LogP contribution is -2.43. The van der Waals surface area contributed by atoms with Gasteiger partial charge in [-0.15, -0.1) is 0 Å². The summed E-state index contributed by atoms with van der Waals surface area (Å²) in [5, 5.41) is 2.69. The highest BCUT2D eigenvalue weighted by molar-refractivity contribution is 5.90. The van der Waals surface area contributed by atoms with Crippen molar-refractivity contribution in [2.24, 2.45) is 0 Å². The van der Waals surface area contributed by atoms with E-state index in [9.17, 15) is 9.59 Å². The van der Waals surface area contributed by atoms with Crippen LogP contribution >= 0.6 is 0 Å². The Bertz CT molecular complexity index is 905. The summed E-state index contributed by atoms with van der Waals surface area (Å²) in [7, 11) is 2.17. The van der Waals surface area contributed by atoms with Gasteiger partial charge in [-0.2, -0.15) is 0 Å². The molecule has 2 aromatic carbocycles. The minimum absolute atomic E-state index is 0.131. The second-order valence-electron chi connectivity index (χ2n) is 8.38. The molecule has 164 valence electrons. The van der Waals surface area contributed by atoms with Crippen LogP contribution in [0.1, 0.15) is 12.5 Å². The van der Waals surface area contributed by atoms with Crippen molar-refractivity contribution in [3.05, 3.63) is 54.1 Å². The second-order valence-corrected chi connectivity index (χ2v) is 8.38. The molecule has 0 unspecified atom stereocenters. The molecule has 31 heavy (non-hydrogen) atoms. The van der Waals surface area contributed by atoms with E-state index in [0.717, 1.165) is 49.5 Å². The van der Waals surface area contributed by atoms with Gasteiger partial charge in [-0.05, 0) is 35.9 Å². The van der Waals surface area contributed by atoms with Gasteiger partial charge in [-0.1, -0.05) is 36.4 Å². The summed E-state index contributed by atoms with van der Waals surface area (Å²) in [4.78, 5) is 29.7. The zero-order valence-electron chi connectivity index (χ0n) is 18.2. The van der Waals surface area contributed by atoms with E-state index in [0.29, 0.717) is 13.1 Å². The third kappa shape index (κ3) is 5.42. The first-order chi connectivity index (χ1) is 15.0. The summed E-state index contributed by atoms with van der Waals surface area (Å²) in [6, 6.07) is 16.7. The zero-order chi connectivity index (χ0) is 21.8. The first kappa shape index (κ1) is 21.3. The number of cyclic esters (lactones) is 1. The van der Waals surface area contributed by atoms with E-state index >= 15 is 0 Å². The Morgan fingerprint density at radius 3 is 2.23 bits per heavy atom. The van der Waals surface area contributed by atoms with Crippen LogP contribution in [0, 0.1) is 0 Å². The Hall–Kier alpha value is -2.90. The summed E-state index contributed by atoms with van der Waals surface area (Å²) in [5.41, 5.74) is 4.39. The molecule has 2 aliphatic heterocycles. The number of carbonyl (C=O) groups excluding carboxylic acids is 2. The van der Waals surface area contributed by atoms with Crippen LogP contribution in [0.25, 0.3) is 11.1 Å². The quantitative estimate of drug-likeness (QED) is 0.775. The van der Waals surface area contributed by atoms with Gasteiger partial charge in [-0.3, -0.25) is 14.6 Å². The average Bonchev–Trinajstić information content (AvgIpc) is 3.15. The summed E-state index contributed by atoms with van der Waals surface area (Å²) in [6.45, 7) is 7.69. The molecule has 2 saturated heterocycles. The highest BCUT2D eigenvalue weighted by atomic mass is 16.6. The standard InChI is InChI=1S/C24H30N4O3/c1-18(29)25-15-23-17-28(24(30)31-23)22-9-7-21(8-10-22)20-5-3-19(4-6-20)16-27-13-11-26(2)12-14-27/h3-10,23H,11-17H2,1-2H3,(H,25,29)/t23-/m0/s1. The van der Waals surface area contributed by atoms with Crippen molar-refractivity contribution < 1.29 is 14.3 Å².